The molecule has 3 fully saturated rings. The highest BCUT2D eigenvalue weighted by molar-refractivity contribution is 7.91. The molecule has 24 heavy (non-hydrogen) atoms. The number of piperidine rings is 1. The molecule has 1 saturated carbocycles. The molecule has 6 nitrogen and oxygen atoms in total. The van der Waals surface area contributed by atoms with Gasteiger partial charge in [-0.15, -0.1) is 0 Å². The third-order valence-electron chi connectivity index (χ3n) is 5.85. The van der Waals surface area contributed by atoms with Gasteiger partial charge >= 0.3 is 6.09 Å². The molecular weight excluding hydrogens is 328 g/mol. The van der Waals surface area contributed by atoms with Gasteiger partial charge in [-0.05, 0) is 51.9 Å². The summed E-state index contributed by atoms with van der Waals surface area (Å²) in [7, 11) is -2.82. The van der Waals surface area contributed by atoms with E-state index in [0.717, 1.165) is 32.4 Å². The number of nitrogens with zero attached hydrogens (tertiary/aromatic N) is 2. The quantitative estimate of drug-likeness (QED) is 0.716. The smallest absolute Gasteiger partial charge is 0.410 e. The van der Waals surface area contributed by atoms with Crippen LogP contribution in [0, 0.1) is 5.41 Å². The predicted octanol–water partition coefficient (Wildman–Crippen LogP) is 1.90. The lowest BCUT2D eigenvalue weighted by Crippen LogP contribution is -2.62. The summed E-state index contributed by atoms with van der Waals surface area (Å²) in [4.78, 5) is 16.4. The topological polar surface area (TPSA) is 66.9 Å². The minimum atomic E-state index is -2.82. The summed E-state index contributed by atoms with van der Waals surface area (Å²) < 4.78 is 28.8. The molecule has 0 aromatic rings. The van der Waals surface area contributed by atoms with Gasteiger partial charge in [0.15, 0.2) is 9.84 Å². The Bertz CT molecular complexity index is 574. The molecule has 0 bridgehead atoms. The van der Waals surface area contributed by atoms with Crippen molar-refractivity contribution in [2.24, 2.45) is 5.41 Å². The Hall–Kier alpha value is -0.820. The van der Waals surface area contributed by atoms with Crippen LogP contribution < -0.4 is 0 Å². The average Bonchev–Trinajstić information content (AvgIpc) is 2.46. The average molecular weight is 359 g/mol. The van der Waals surface area contributed by atoms with Crippen molar-refractivity contribution in [3.05, 3.63) is 0 Å². The van der Waals surface area contributed by atoms with E-state index in [4.69, 9.17) is 4.74 Å². The lowest BCUT2D eigenvalue weighted by atomic mass is 9.58. The summed E-state index contributed by atoms with van der Waals surface area (Å²) in [6.45, 7) is 8.51. The first kappa shape index (κ1) is 18.0. The Morgan fingerprint density at radius 3 is 2.08 bits per heavy atom. The summed E-state index contributed by atoms with van der Waals surface area (Å²) >= 11 is 0. The molecule has 3 rings (SSSR count). The van der Waals surface area contributed by atoms with Crippen molar-refractivity contribution in [1.29, 1.82) is 0 Å². The Kier molecular flexibility index (Phi) is 4.62. The van der Waals surface area contributed by atoms with Crippen molar-refractivity contribution in [2.45, 2.75) is 58.1 Å². The number of likely N-dealkylation sites (tertiary alicyclic amines) is 1. The molecule has 138 valence electrons. The molecule has 1 spiro atoms. The van der Waals surface area contributed by atoms with Crippen LogP contribution in [0.4, 0.5) is 4.79 Å². The fraction of sp³-hybridized carbons (Fsp3) is 0.941. The molecule has 1 amide bonds. The number of amides is 1. The van der Waals surface area contributed by atoms with E-state index in [1.165, 1.54) is 6.42 Å². The fourth-order valence-electron chi connectivity index (χ4n) is 4.33. The van der Waals surface area contributed by atoms with Crippen LogP contribution in [0.25, 0.3) is 0 Å². The van der Waals surface area contributed by atoms with E-state index >= 15 is 0 Å². The van der Waals surface area contributed by atoms with Crippen LogP contribution in [0.15, 0.2) is 0 Å². The number of rotatable bonds is 1. The van der Waals surface area contributed by atoms with Crippen LogP contribution in [0.3, 0.4) is 0 Å². The Morgan fingerprint density at radius 2 is 1.62 bits per heavy atom. The summed E-state index contributed by atoms with van der Waals surface area (Å²) in [5.74, 6) is 0.591. The van der Waals surface area contributed by atoms with Crippen LogP contribution in [0.1, 0.15) is 46.5 Å². The summed E-state index contributed by atoms with van der Waals surface area (Å²) in [5.41, 5.74) is -0.176. The highest BCUT2D eigenvalue weighted by Crippen LogP contribution is 2.51. The van der Waals surface area contributed by atoms with Gasteiger partial charge in [0.25, 0.3) is 0 Å². The van der Waals surface area contributed by atoms with Crippen molar-refractivity contribution in [1.82, 2.24) is 9.80 Å². The summed E-state index contributed by atoms with van der Waals surface area (Å²) in [5, 5.41) is 0. The first-order valence-electron chi connectivity index (χ1n) is 9.03. The van der Waals surface area contributed by atoms with Crippen LogP contribution in [0.2, 0.25) is 0 Å². The van der Waals surface area contributed by atoms with Crippen molar-refractivity contribution in [2.75, 3.05) is 37.7 Å². The maximum atomic E-state index is 12.2. The SMILES string of the molecule is CC(C)(C)OC(=O)N1CCC2(CCC2N2CCS(=O)(=O)CC2)CC1. The molecule has 1 aliphatic carbocycles. The monoisotopic (exact) mass is 358 g/mol. The highest BCUT2D eigenvalue weighted by Gasteiger charge is 2.51. The number of carbonyl (C=O) groups is 1. The van der Waals surface area contributed by atoms with Crippen LogP contribution in [-0.2, 0) is 14.6 Å². The number of carbonyl (C=O) groups excluding carboxylic acids is 1. The minimum Gasteiger partial charge on any atom is -0.444 e. The van der Waals surface area contributed by atoms with Gasteiger partial charge in [0.05, 0.1) is 11.5 Å². The van der Waals surface area contributed by atoms with Gasteiger partial charge in [-0.2, -0.15) is 0 Å². The molecule has 0 aromatic carbocycles. The van der Waals surface area contributed by atoms with Gasteiger partial charge in [-0.25, -0.2) is 13.2 Å². The second-order valence-corrected chi connectivity index (χ2v) is 10.9. The summed E-state index contributed by atoms with van der Waals surface area (Å²) in [6, 6.07) is 0.494. The molecule has 0 aromatic heterocycles. The van der Waals surface area contributed by atoms with E-state index in [1.54, 1.807) is 0 Å². The van der Waals surface area contributed by atoms with E-state index in [0.29, 0.717) is 30.6 Å². The molecule has 0 N–H and O–H groups in total. The van der Waals surface area contributed by atoms with Gasteiger partial charge in [0, 0.05) is 32.2 Å². The van der Waals surface area contributed by atoms with Crippen molar-refractivity contribution in [3.8, 4) is 0 Å². The second-order valence-electron chi connectivity index (χ2n) is 8.57. The molecule has 1 unspecified atom stereocenters. The lowest BCUT2D eigenvalue weighted by Gasteiger charge is -2.58. The normalized spacial score (nSPS) is 30.0. The highest BCUT2D eigenvalue weighted by atomic mass is 32.2. The van der Waals surface area contributed by atoms with E-state index in [2.05, 4.69) is 4.90 Å². The van der Waals surface area contributed by atoms with E-state index in [-0.39, 0.29) is 11.5 Å². The molecule has 2 aliphatic heterocycles. The fourth-order valence-corrected chi connectivity index (χ4v) is 5.56. The zero-order valence-electron chi connectivity index (χ0n) is 15.1. The van der Waals surface area contributed by atoms with Crippen LogP contribution >= 0.6 is 0 Å². The van der Waals surface area contributed by atoms with Crippen LogP contribution in [-0.4, -0.2) is 73.6 Å². The number of ether oxygens (including phenoxy) is 1. The number of sulfone groups is 1. The van der Waals surface area contributed by atoms with Crippen molar-refractivity contribution < 1.29 is 17.9 Å². The molecule has 3 aliphatic rings. The Balaban J connectivity index is 1.55. The van der Waals surface area contributed by atoms with Gasteiger partial charge in [-0.1, -0.05) is 0 Å². The maximum Gasteiger partial charge on any atom is 0.410 e. The first-order chi connectivity index (χ1) is 11.1. The molecule has 0 radical (unpaired) electrons. The van der Waals surface area contributed by atoms with E-state index in [1.807, 2.05) is 25.7 Å². The Morgan fingerprint density at radius 1 is 1.04 bits per heavy atom. The lowest BCUT2D eigenvalue weighted by molar-refractivity contribution is -0.0678. The minimum absolute atomic E-state index is 0.211. The molecule has 2 heterocycles. The largest absolute Gasteiger partial charge is 0.444 e. The van der Waals surface area contributed by atoms with Gasteiger partial charge in [0.2, 0.25) is 0 Å². The molecule has 1 atom stereocenters. The zero-order valence-corrected chi connectivity index (χ0v) is 15.9. The third kappa shape index (κ3) is 3.72. The third-order valence-corrected chi connectivity index (χ3v) is 7.46. The summed E-state index contributed by atoms with van der Waals surface area (Å²) in [6.07, 6.45) is 4.15. The van der Waals surface area contributed by atoms with Crippen molar-refractivity contribution in [3.63, 3.8) is 0 Å². The van der Waals surface area contributed by atoms with Gasteiger partial charge < -0.3 is 9.64 Å². The maximum absolute atomic E-state index is 12.2. The van der Waals surface area contributed by atoms with E-state index < -0.39 is 15.4 Å². The van der Waals surface area contributed by atoms with E-state index in [9.17, 15) is 13.2 Å². The Labute approximate surface area is 145 Å². The van der Waals surface area contributed by atoms with Gasteiger partial charge in [0.1, 0.15) is 5.60 Å². The molecule has 2 saturated heterocycles. The first-order valence-corrected chi connectivity index (χ1v) is 10.8. The number of hydrogen-bond acceptors (Lipinski definition) is 5. The number of hydrogen-bond donors (Lipinski definition) is 0. The zero-order chi connectivity index (χ0) is 17.6. The van der Waals surface area contributed by atoms with Crippen molar-refractivity contribution >= 4 is 15.9 Å². The van der Waals surface area contributed by atoms with Gasteiger partial charge in [-0.3, -0.25) is 4.90 Å². The molecular formula is C17H30N2O4S. The van der Waals surface area contributed by atoms with Crippen LogP contribution in [0.5, 0.6) is 0 Å². The molecule has 7 heteroatoms. The second kappa shape index (κ2) is 6.16. The standard InChI is InChI=1S/C17H30N2O4S/c1-16(2,3)23-15(20)19-8-6-17(7-9-19)5-4-14(17)18-10-12-24(21,22)13-11-18/h14H,4-13H2,1-3H3. The predicted molar refractivity (Wildman–Crippen MR) is 92.7 cm³/mol.